The zero-order chi connectivity index (χ0) is 5.11. The van der Waals surface area contributed by atoms with Crippen molar-refractivity contribution in [1.29, 1.82) is 0 Å². The van der Waals surface area contributed by atoms with E-state index in [0.29, 0.717) is 0 Å². The van der Waals surface area contributed by atoms with Crippen LogP contribution in [0.2, 0.25) is 5.82 Å². The molecule has 1 aliphatic rings. The van der Waals surface area contributed by atoms with Crippen LogP contribution in [0.4, 0.5) is 0 Å². The van der Waals surface area contributed by atoms with Gasteiger partial charge in [-0.3, -0.25) is 0 Å². The molecule has 1 fully saturated rings. The Kier molecular flexibility index (Phi) is 1.74. The van der Waals surface area contributed by atoms with Gasteiger partial charge in [-0.2, -0.15) is 0 Å². The third-order valence-corrected chi connectivity index (χ3v) is 1.54. The molecule has 0 aliphatic carbocycles. The van der Waals surface area contributed by atoms with Crippen molar-refractivity contribution in [3.05, 3.63) is 0 Å². The molecule has 1 saturated heterocycles. The van der Waals surface area contributed by atoms with Gasteiger partial charge in [0.1, 0.15) is 7.85 Å². The van der Waals surface area contributed by atoms with Gasteiger partial charge in [0, 0.05) is 0 Å². The van der Waals surface area contributed by atoms with Crippen LogP contribution in [0.5, 0.6) is 0 Å². The van der Waals surface area contributed by atoms with Crippen LogP contribution >= 0.6 is 0 Å². The Morgan fingerprint density at radius 3 is 2.71 bits per heavy atom. The van der Waals surface area contributed by atoms with Gasteiger partial charge in [-0.15, -0.1) is 0 Å². The summed E-state index contributed by atoms with van der Waals surface area (Å²) in [6, 6.07) is 0. The number of nitrogens with one attached hydrogen (secondary N) is 1. The van der Waals surface area contributed by atoms with E-state index in [1.165, 1.54) is 25.9 Å². The average Bonchev–Trinajstić information content (AvgIpc) is 1.69. The summed E-state index contributed by atoms with van der Waals surface area (Å²) in [4.78, 5) is 0. The Balaban J connectivity index is 2.12. The zero-order valence-electron chi connectivity index (χ0n) is 4.91. The van der Waals surface area contributed by atoms with Crippen molar-refractivity contribution in [2.24, 2.45) is 0 Å². The van der Waals surface area contributed by atoms with Crippen LogP contribution in [0.3, 0.4) is 0 Å². The molecule has 0 radical (unpaired) electrons. The second-order valence-electron chi connectivity index (χ2n) is 2.45. The van der Waals surface area contributed by atoms with Gasteiger partial charge >= 0.3 is 0 Å². The molecule has 1 nitrogen and oxygen atoms in total. The number of rotatable bonds is 0. The Bertz CT molecular complexity index is 50.0. The van der Waals surface area contributed by atoms with Crippen molar-refractivity contribution in [1.82, 2.24) is 5.32 Å². The van der Waals surface area contributed by atoms with Crippen LogP contribution in [0, 0.1) is 0 Å². The zero-order valence-corrected chi connectivity index (χ0v) is 4.91. The predicted molar refractivity (Wildman–Crippen MR) is 34.4 cm³/mol. The second kappa shape index (κ2) is 2.36. The van der Waals surface area contributed by atoms with E-state index < -0.39 is 0 Å². The lowest BCUT2D eigenvalue weighted by Crippen LogP contribution is -2.26. The summed E-state index contributed by atoms with van der Waals surface area (Å²) in [6.07, 6.45) is 2.80. The number of piperidine rings is 1. The van der Waals surface area contributed by atoms with Crippen LogP contribution < -0.4 is 5.32 Å². The van der Waals surface area contributed by atoms with E-state index >= 15 is 0 Å². The molecule has 1 aliphatic heterocycles. The first-order chi connectivity index (χ1) is 3.39. The maximum absolute atomic E-state index is 3.33. The fourth-order valence-corrected chi connectivity index (χ4v) is 1.03. The quantitative estimate of drug-likeness (QED) is 0.412. The summed E-state index contributed by atoms with van der Waals surface area (Å²) in [6.45, 7) is 2.48. The normalized spacial score (nSPS) is 32.9. The van der Waals surface area contributed by atoms with Gasteiger partial charge in [0.05, 0.1) is 0 Å². The molecule has 2 heteroatoms. The van der Waals surface area contributed by atoms with E-state index in [0.717, 1.165) is 5.82 Å². The Hall–Kier alpha value is 0.0249. The van der Waals surface area contributed by atoms with Crippen LogP contribution in [0.15, 0.2) is 0 Å². The van der Waals surface area contributed by atoms with Gasteiger partial charge in [-0.25, -0.2) is 0 Å². The predicted octanol–water partition coefficient (Wildman–Crippen LogP) is -0.209. The first kappa shape index (κ1) is 5.17. The molecule has 0 aromatic heterocycles. The molecule has 1 N–H and O–H groups in total. The van der Waals surface area contributed by atoms with Crippen molar-refractivity contribution in [2.75, 3.05) is 13.1 Å². The summed E-state index contributed by atoms with van der Waals surface area (Å²) in [5, 5.41) is 3.33. The standard InChI is InChI=1S/C5H12BN/c6-5-2-1-3-7-4-5/h5,7H,1-4,6H2/t5-/m0/s1. The molecule has 0 spiro atoms. The third kappa shape index (κ3) is 1.52. The van der Waals surface area contributed by atoms with Gasteiger partial charge < -0.3 is 5.32 Å². The maximum Gasteiger partial charge on any atom is 0.107 e. The highest BCUT2D eigenvalue weighted by Crippen LogP contribution is 2.09. The fourth-order valence-electron chi connectivity index (χ4n) is 1.03. The lowest BCUT2D eigenvalue weighted by Gasteiger charge is -2.17. The average molecular weight is 97.0 g/mol. The fraction of sp³-hybridized carbons (Fsp3) is 1.00. The minimum Gasteiger partial charge on any atom is -0.317 e. The van der Waals surface area contributed by atoms with E-state index in [2.05, 4.69) is 13.2 Å². The van der Waals surface area contributed by atoms with E-state index in [9.17, 15) is 0 Å². The van der Waals surface area contributed by atoms with Gasteiger partial charge in [-0.05, 0) is 19.5 Å². The Morgan fingerprint density at radius 2 is 2.43 bits per heavy atom. The minimum absolute atomic E-state index is 0.925. The van der Waals surface area contributed by atoms with Crippen molar-refractivity contribution in [3.63, 3.8) is 0 Å². The second-order valence-corrected chi connectivity index (χ2v) is 2.45. The highest BCUT2D eigenvalue weighted by atomic mass is 14.9. The van der Waals surface area contributed by atoms with Gasteiger partial charge in [-0.1, -0.05) is 12.2 Å². The third-order valence-electron chi connectivity index (χ3n) is 1.54. The smallest absolute Gasteiger partial charge is 0.107 e. The first-order valence-corrected chi connectivity index (χ1v) is 3.10. The van der Waals surface area contributed by atoms with Crippen molar-refractivity contribution in [2.45, 2.75) is 18.7 Å². The molecular formula is C5H12BN. The summed E-state index contributed by atoms with van der Waals surface area (Å²) < 4.78 is 0. The highest BCUT2D eigenvalue weighted by Gasteiger charge is 2.05. The molecule has 0 unspecified atom stereocenters. The van der Waals surface area contributed by atoms with E-state index in [-0.39, 0.29) is 0 Å². The molecule has 0 amide bonds. The molecule has 7 heavy (non-hydrogen) atoms. The molecule has 0 saturated carbocycles. The van der Waals surface area contributed by atoms with E-state index in [1.54, 1.807) is 0 Å². The molecule has 0 bridgehead atoms. The van der Waals surface area contributed by atoms with E-state index in [4.69, 9.17) is 0 Å². The highest BCUT2D eigenvalue weighted by molar-refractivity contribution is 6.11. The molecule has 1 rings (SSSR count). The van der Waals surface area contributed by atoms with Crippen LogP contribution in [0.25, 0.3) is 0 Å². The van der Waals surface area contributed by atoms with Gasteiger partial charge in [0.15, 0.2) is 0 Å². The molecule has 0 aromatic carbocycles. The minimum atomic E-state index is 0.925. The molecule has 1 heterocycles. The number of hydrogen-bond donors (Lipinski definition) is 1. The van der Waals surface area contributed by atoms with Crippen molar-refractivity contribution < 1.29 is 0 Å². The summed E-state index contributed by atoms with van der Waals surface area (Å²) in [5.41, 5.74) is 0. The van der Waals surface area contributed by atoms with E-state index in [1.807, 2.05) is 0 Å². The van der Waals surface area contributed by atoms with Crippen molar-refractivity contribution in [3.8, 4) is 0 Å². The number of hydrogen-bond acceptors (Lipinski definition) is 1. The lowest BCUT2D eigenvalue weighted by molar-refractivity contribution is 0.520. The topological polar surface area (TPSA) is 12.0 Å². The van der Waals surface area contributed by atoms with Gasteiger partial charge in [0.2, 0.25) is 0 Å². The first-order valence-electron chi connectivity index (χ1n) is 3.10. The van der Waals surface area contributed by atoms with Crippen molar-refractivity contribution >= 4 is 7.85 Å². The molecular weight excluding hydrogens is 84.9 g/mol. The molecule has 40 valence electrons. The monoisotopic (exact) mass is 97.1 g/mol. The van der Waals surface area contributed by atoms with Crippen LogP contribution in [-0.4, -0.2) is 20.9 Å². The largest absolute Gasteiger partial charge is 0.317 e. The van der Waals surface area contributed by atoms with Crippen LogP contribution in [0.1, 0.15) is 12.8 Å². The summed E-state index contributed by atoms with van der Waals surface area (Å²) >= 11 is 0. The Labute approximate surface area is 45.9 Å². The summed E-state index contributed by atoms with van der Waals surface area (Å²) in [7, 11) is 2.30. The maximum atomic E-state index is 3.33. The SMILES string of the molecule is B[C@H]1CCCNC1. The molecule has 0 aromatic rings. The lowest BCUT2D eigenvalue weighted by atomic mass is 9.82. The summed E-state index contributed by atoms with van der Waals surface area (Å²) in [5.74, 6) is 0.925. The molecule has 1 atom stereocenters. The van der Waals surface area contributed by atoms with Gasteiger partial charge in [0.25, 0.3) is 0 Å². The van der Waals surface area contributed by atoms with Crippen LogP contribution in [-0.2, 0) is 0 Å². The Morgan fingerprint density at radius 1 is 1.57 bits per heavy atom.